The number of hydrogen-bond donors (Lipinski definition) is 0. The lowest BCUT2D eigenvalue weighted by molar-refractivity contribution is -0.119. The minimum absolute atomic E-state index is 0.101. The zero-order chi connectivity index (χ0) is 22.2. The fourth-order valence-corrected chi connectivity index (χ4v) is 5.38. The molecule has 0 unspecified atom stereocenters. The smallest absolute Gasteiger partial charge is 0.262 e. The van der Waals surface area contributed by atoms with Crippen molar-refractivity contribution in [3.63, 3.8) is 0 Å². The zero-order valence-corrected chi connectivity index (χ0v) is 19.3. The second-order valence-electron chi connectivity index (χ2n) is 7.53. The van der Waals surface area contributed by atoms with Crippen LogP contribution in [0.1, 0.15) is 15.3 Å². The van der Waals surface area contributed by atoms with Crippen molar-refractivity contribution in [3.05, 3.63) is 67.7 Å². The minimum Gasteiger partial charge on any atom is -0.486 e. The number of ether oxygens (including phenoxy) is 2. The summed E-state index contributed by atoms with van der Waals surface area (Å²) in [7, 11) is 0. The number of nitrogens with zero attached hydrogens (tertiary/aromatic N) is 3. The van der Waals surface area contributed by atoms with Crippen LogP contribution in [0.2, 0.25) is 0 Å². The van der Waals surface area contributed by atoms with Crippen LogP contribution < -0.4 is 19.9 Å². The Bertz CT molecular complexity index is 1360. The van der Waals surface area contributed by atoms with Gasteiger partial charge in [-0.05, 0) is 43.0 Å². The van der Waals surface area contributed by atoms with Gasteiger partial charge in [0.25, 0.3) is 5.56 Å². The van der Waals surface area contributed by atoms with E-state index >= 15 is 0 Å². The summed E-state index contributed by atoms with van der Waals surface area (Å²) < 4.78 is 12.7. The largest absolute Gasteiger partial charge is 0.486 e. The number of carbonyl (C=O) groups excluding carboxylic acids is 1. The first kappa shape index (κ1) is 20.7. The maximum absolute atomic E-state index is 13.5. The van der Waals surface area contributed by atoms with Gasteiger partial charge in [0, 0.05) is 21.5 Å². The molecule has 1 aliphatic rings. The summed E-state index contributed by atoms with van der Waals surface area (Å²) in [6, 6.07) is 9.42. The third-order valence-corrected chi connectivity index (χ3v) is 7.47. The molecule has 3 aromatic heterocycles. The number of rotatable bonds is 5. The van der Waals surface area contributed by atoms with E-state index in [2.05, 4.69) is 4.98 Å². The number of fused-ring (bicyclic) bond motifs is 2. The summed E-state index contributed by atoms with van der Waals surface area (Å²) in [5.41, 5.74) is 1.42. The molecule has 1 amide bonds. The Morgan fingerprint density at radius 1 is 1.19 bits per heavy atom. The first-order valence-electron chi connectivity index (χ1n) is 10.2. The highest BCUT2D eigenvalue weighted by atomic mass is 32.1. The van der Waals surface area contributed by atoms with Gasteiger partial charge in [-0.15, -0.1) is 22.7 Å². The van der Waals surface area contributed by atoms with E-state index in [1.807, 2.05) is 49.6 Å². The summed E-state index contributed by atoms with van der Waals surface area (Å²) in [4.78, 5) is 35.4. The van der Waals surface area contributed by atoms with Crippen molar-refractivity contribution in [2.75, 3.05) is 18.1 Å². The molecular weight excluding hydrogens is 446 g/mol. The molecule has 5 rings (SSSR count). The molecule has 7 nitrogen and oxygen atoms in total. The van der Waals surface area contributed by atoms with Crippen molar-refractivity contribution < 1.29 is 14.3 Å². The topological polar surface area (TPSA) is 73.7 Å². The first-order valence-corrected chi connectivity index (χ1v) is 11.9. The standard InChI is InChI=1S/C23H21N3O4S2/c1-14-15(2)32-22-21(14)23(28)25(13-24-22)12-20(27)26(11-17-4-3-9-31-17)16-5-6-18-19(10-16)30-8-7-29-18/h3-6,9-10,13H,7-8,11-12H2,1-2H3. The molecule has 4 heterocycles. The van der Waals surface area contributed by atoms with Gasteiger partial charge in [0.1, 0.15) is 24.6 Å². The molecule has 0 aliphatic carbocycles. The number of anilines is 1. The van der Waals surface area contributed by atoms with Crippen LogP contribution in [0, 0.1) is 13.8 Å². The van der Waals surface area contributed by atoms with E-state index in [0.29, 0.717) is 47.2 Å². The average Bonchev–Trinajstić information content (AvgIpc) is 3.41. The molecule has 0 N–H and O–H groups in total. The lowest BCUT2D eigenvalue weighted by atomic mass is 10.2. The van der Waals surface area contributed by atoms with Gasteiger partial charge in [0.2, 0.25) is 5.91 Å². The third-order valence-electron chi connectivity index (χ3n) is 5.49. The van der Waals surface area contributed by atoms with Crippen LogP contribution >= 0.6 is 22.7 Å². The fourth-order valence-electron chi connectivity index (χ4n) is 3.70. The number of aryl methyl sites for hydroxylation is 2. The van der Waals surface area contributed by atoms with Crippen LogP contribution in [0.25, 0.3) is 10.2 Å². The van der Waals surface area contributed by atoms with E-state index < -0.39 is 0 Å². The van der Waals surface area contributed by atoms with Crippen LogP contribution in [-0.4, -0.2) is 28.7 Å². The molecule has 1 aromatic carbocycles. The normalized spacial score (nSPS) is 12.8. The Hall–Kier alpha value is -3.17. The van der Waals surface area contributed by atoms with E-state index in [4.69, 9.17) is 9.47 Å². The van der Waals surface area contributed by atoms with E-state index in [0.717, 1.165) is 15.3 Å². The summed E-state index contributed by atoms with van der Waals surface area (Å²) in [6.45, 7) is 5.16. The lowest BCUT2D eigenvalue weighted by Crippen LogP contribution is -2.36. The Labute approximate surface area is 192 Å². The highest BCUT2D eigenvalue weighted by molar-refractivity contribution is 7.18. The van der Waals surface area contributed by atoms with Gasteiger partial charge < -0.3 is 14.4 Å². The predicted octanol–water partition coefficient (Wildman–Crippen LogP) is 4.14. The molecule has 164 valence electrons. The quantitative estimate of drug-likeness (QED) is 0.441. The Balaban J connectivity index is 1.50. The van der Waals surface area contributed by atoms with E-state index in [1.54, 1.807) is 16.2 Å². The van der Waals surface area contributed by atoms with Crippen molar-refractivity contribution in [2.45, 2.75) is 26.9 Å². The predicted molar refractivity (Wildman–Crippen MR) is 126 cm³/mol. The highest BCUT2D eigenvalue weighted by Gasteiger charge is 2.22. The molecule has 9 heteroatoms. The van der Waals surface area contributed by atoms with Crippen molar-refractivity contribution in [2.24, 2.45) is 0 Å². The van der Waals surface area contributed by atoms with Crippen LogP contribution in [-0.2, 0) is 17.9 Å². The van der Waals surface area contributed by atoms with Crippen LogP contribution in [0.5, 0.6) is 11.5 Å². The summed E-state index contributed by atoms with van der Waals surface area (Å²) in [5, 5.41) is 2.57. The third kappa shape index (κ3) is 3.78. The van der Waals surface area contributed by atoms with E-state index in [9.17, 15) is 9.59 Å². The van der Waals surface area contributed by atoms with E-state index in [1.165, 1.54) is 22.2 Å². The second kappa shape index (κ2) is 8.40. The van der Waals surface area contributed by atoms with Gasteiger partial charge in [-0.2, -0.15) is 0 Å². The van der Waals surface area contributed by atoms with Crippen molar-refractivity contribution in [1.82, 2.24) is 9.55 Å². The number of benzene rings is 1. The Morgan fingerprint density at radius 2 is 2.00 bits per heavy atom. The molecule has 0 spiro atoms. The van der Waals surface area contributed by atoms with Gasteiger partial charge in [0.05, 0.1) is 18.3 Å². The summed E-state index contributed by atoms with van der Waals surface area (Å²) >= 11 is 3.07. The molecule has 4 aromatic rings. The van der Waals surface area contributed by atoms with Crippen molar-refractivity contribution in [1.29, 1.82) is 0 Å². The fraction of sp³-hybridized carbons (Fsp3) is 0.261. The number of thiophene rings is 2. The SMILES string of the molecule is Cc1sc2ncn(CC(=O)N(Cc3cccs3)c3ccc4c(c3)OCCO4)c(=O)c2c1C. The Morgan fingerprint density at radius 3 is 2.78 bits per heavy atom. The van der Waals surface area contributed by atoms with Gasteiger partial charge in [-0.3, -0.25) is 14.2 Å². The molecule has 1 aliphatic heterocycles. The molecule has 0 saturated heterocycles. The van der Waals surface area contributed by atoms with Gasteiger partial charge >= 0.3 is 0 Å². The second-order valence-corrected chi connectivity index (χ2v) is 9.76. The number of aromatic nitrogens is 2. The first-order chi connectivity index (χ1) is 15.5. The average molecular weight is 468 g/mol. The van der Waals surface area contributed by atoms with Crippen molar-refractivity contribution >= 4 is 44.5 Å². The van der Waals surface area contributed by atoms with Gasteiger partial charge in [-0.1, -0.05) is 6.07 Å². The minimum atomic E-state index is -0.206. The number of carbonyl (C=O) groups is 1. The molecule has 0 atom stereocenters. The maximum Gasteiger partial charge on any atom is 0.262 e. The molecular formula is C23H21N3O4S2. The Kier molecular flexibility index (Phi) is 5.44. The monoisotopic (exact) mass is 467 g/mol. The number of hydrogen-bond acceptors (Lipinski definition) is 7. The van der Waals surface area contributed by atoms with Gasteiger partial charge in [-0.25, -0.2) is 4.98 Å². The molecule has 0 fully saturated rings. The number of amides is 1. The molecule has 0 bridgehead atoms. The zero-order valence-electron chi connectivity index (χ0n) is 17.7. The summed E-state index contributed by atoms with van der Waals surface area (Å²) in [5.74, 6) is 1.07. The van der Waals surface area contributed by atoms with Gasteiger partial charge in [0.15, 0.2) is 11.5 Å². The highest BCUT2D eigenvalue weighted by Crippen LogP contribution is 2.35. The van der Waals surface area contributed by atoms with Crippen LogP contribution in [0.4, 0.5) is 5.69 Å². The summed E-state index contributed by atoms with van der Waals surface area (Å²) in [6.07, 6.45) is 1.46. The van der Waals surface area contributed by atoms with Crippen molar-refractivity contribution in [3.8, 4) is 11.5 Å². The van der Waals surface area contributed by atoms with Crippen LogP contribution in [0.3, 0.4) is 0 Å². The molecule has 0 saturated carbocycles. The van der Waals surface area contributed by atoms with E-state index in [-0.39, 0.29) is 18.0 Å². The molecule has 0 radical (unpaired) electrons. The molecule has 32 heavy (non-hydrogen) atoms. The van der Waals surface area contributed by atoms with Crippen LogP contribution in [0.15, 0.2) is 46.8 Å². The lowest BCUT2D eigenvalue weighted by Gasteiger charge is -2.25. The maximum atomic E-state index is 13.5.